The molecule has 0 aliphatic carbocycles. The van der Waals surface area contributed by atoms with Gasteiger partial charge in [0.1, 0.15) is 29.4 Å². The van der Waals surface area contributed by atoms with Crippen LogP contribution in [0.4, 0.5) is 27.8 Å². The number of carbonyl (C=O) groups excluding carboxylic acids is 2. The van der Waals surface area contributed by atoms with Crippen LogP contribution in [-0.2, 0) is 14.3 Å². The third kappa shape index (κ3) is 6.02. The van der Waals surface area contributed by atoms with E-state index >= 15 is 4.39 Å². The first-order chi connectivity index (χ1) is 21.1. The highest BCUT2D eigenvalue weighted by Gasteiger charge is 2.31. The van der Waals surface area contributed by atoms with Gasteiger partial charge in [-0.1, -0.05) is 6.08 Å². The van der Waals surface area contributed by atoms with Gasteiger partial charge < -0.3 is 20.1 Å². The van der Waals surface area contributed by atoms with Crippen molar-refractivity contribution >= 4 is 28.7 Å². The Balaban J connectivity index is 1.38. The number of nitrogens with zero attached hydrogens (tertiary/aromatic N) is 5. The maximum atomic E-state index is 15.4. The average Bonchev–Trinajstić information content (AvgIpc) is 3.63. The summed E-state index contributed by atoms with van der Waals surface area (Å²) in [6, 6.07) is 2.80. The van der Waals surface area contributed by atoms with E-state index in [0.29, 0.717) is 25.0 Å². The van der Waals surface area contributed by atoms with Crippen molar-refractivity contribution in [2.24, 2.45) is 0 Å². The van der Waals surface area contributed by atoms with Crippen molar-refractivity contribution < 1.29 is 41.0 Å². The number of nitrogens with two attached hydrogens (primary N) is 1. The van der Waals surface area contributed by atoms with Gasteiger partial charge in [0, 0.05) is 43.3 Å². The number of anilines is 1. The Morgan fingerprint density at radius 1 is 1.07 bits per heavy atom. The van der Waals surface area contributed by atoms with Crippen LogP contribution in [0.15, 0.2) is 42.7 Å². The fourth-order valence-corrected chi connectivity index (χ4v) is 4.85. The van der Waals surface area contributed by atoms with E-state index in [1.165, 1.54) is 18.5 Å². The first-order valence-corrected chi connectivity index (χ1v) is 13.5. The fraction of sp³-hybridized carbons (Fsp3) is 0.276. The van der Waals surface area contributed by atoms with E-state index in [1.807, 2.05) is 0 Å². The van der Waals surface area contributed by atoms with Crippen LogP contribution in [0.25, 0.3) is 22.3 Å². The van der Waals surface area contributed by atoms with Crippen LogP contribution in [0.2, 0.25) is 0 Å². The molecule has 1 aliphatic heterocycles. The molecule has 1 fully saturated rings. The molecule has 44 heavy (non-hydrogen) atoms. The molecule has 0 bridgehead atoms. The number of hydrogen-bond acceptors (Lipinski definition) is 8. The van der Waals surface area contributed by atoms with Crippen molar-refractivity contribution in [3.63, 3.8) is 0 Å². The van der Waals surface area contributed by atoms with Crippen LogP contribution in [0.3, 0.4) is 0 Å². The molecule has 0 saturated carbocycles. The van der Waals surface area contributed by atoms with E-state index in [4.69, 9.17) is 15.2 Å². The third-order valence-corrected chi connectivity index (χ3v) is 6.93. The molecular weight excluding hydrogens is 591 g/mol. The molecule has 3 heterocycles. The number of allylic oxidation sites excluding steroid dienone is 1. The smallest absolute Gasteiger partial charge is 0.330 e. The van der Waals surface area contributed by atoms with Crippen LogP contribution >= 0.6 is 0 Å². The first kappa shape index (κ1) is 30.4. The zero-order valence-electron chi connectivity index (χ0n) is 23.2. The van der Waals surface area contributed by atoms with Gasteiger partial charge >= 0.3 is 5.97 Å². The zero-order chi connectivity index (χ0) is 31.5. The number of hydrogen-bond donors (Lipinski definition) is 1. The molecule has 1 aliphatic rings. The number of likely N-dealkylation sites (tertiary alicyclic amines) is 1. The van der Waals surface area contributed by atoms with Gasteiger partial charge in [0.25, 0.3) is 0 Å². The number of ether oxygens (including phenoxy) is 2. The first-order valence-electron chi connectivity index (χ1n) is 13.5. The van der Waals surface area contributed by atoms with E-state index in [2.05, 4.69) is 15.1 Å². The summed E-state index contributed by atoms with van der Waals surface area (Å²) in [5.74, 6) is -10.3. The van der Waals surface area contributed by atoms with Crippen molar-refractivity contribution in [1.29, 1.82) is 0 Å². The summed E-state index contributed by atoms with van der Waals surface area (Å²) in [6.07, 6.45) is 5.12. The molecule has 0 unspecified atom stereocenters. The summed E-state index contributed by atoms with van der Waals surface area (Å²) in [5, 5.41) is 4.80. The van der Waals surface area contributed by atoms with Gasteiger partial charge in [-0.15, -0.1) is 0 Å². The molecule has 1 saturated heterocycles. The minimum Gasteiger partial charge on any atom is -0.463 e. The van der Waals surface area contributed by atoms with E-state index in [-0.39, 0.29) is 60.0 Å². The minimum atomic E-state index is -1.78. The summed E-state index contributed by atoms with van der Waals surface area (Å²) < 4.78 is 82.0. The van der Waals surface area contributed by atoms with Crippen molar-refractivity contribution in [2.45, 2.75) is 32.2 Å². The molecule has 15 heteroatoms. The molecule has 2 N–H and O–H groups in total. The Kier molecular flexibility index (Phi) is 8.73. The molecule has 1 atom stereocenters. The molecule has 1 amide bonds. The fourth-order valence-electron chi connectivity index (χ4n) is 4.85. The molecule has 10 nitrogen and oxygen atoms in total. The number of halogens is 5. The lowest BCUT2D eigenvalue weighted by Gasteiger charge is -2.16. The Morgan fingerprint density at radius 2 is 1.82 bits per heavy atom. The second kappa shape index (κ2) is 12.7. The Labute approximate surface area is 246 Å². The van der Waals surface area contributed by atoms with Crippen molar-refractivity contribution in [1.82, 2.24) is 24.6 Å². The monoisotopic (exact) mass is 616 g/mol. The lowest BCUT2D eigenvalue weighted by atomic mass is 10.1. The Hall–Kier alpha value is -5.08. The maximum Gasteiger partial charge on any atom is 0.330 e. The van der Waals surface area contributed by atoms with Crippen LogP contribution in [0.1, 0.15) is 32.2 Å². The lowest BCUT2D eigenvalue weighted by molar-refractivity contribution is -0.137. The second-order valence-electron chi connectivity index (χ2n) is 9.77. The second-order valence-corrected chi connectivity index (χ2v) is 9.77. The molecule has 2 aromatic heterocycles. The normalized spacial score (nSPS) is 15.0. The predicted octanol–water partition coefficient (Wildman–Crippen LogP) is 5.24. The maximum absolute atomic E-state index is 15.4. The van der Waals surface area contributed by atoms with Gasteiger partial charge in [0.2, 0.25) is 23.3 Å². The van der Waals surface area contributed by atoms with Crippen LogP contribution in [0.5, 0.6) is 11.5 Å². The summed E-state index contributed by atoms with van der Waals surface area (Å²) in [7, 11) is 0. The molecular formula is C29H25F5N6O4. The molecule has 0 radical (unpaired) electrons. The number of fused-ring (bicyclic) bond motifs is 1. The molecule has 0 spiro atoms. The van der Waals surface area contributed by atoms with E-state index < -0.39 is 46.6 Å². The van der Waals surface area contributed by atoms with Crippen molar-refractivity contribution in [2.75, 3.05) is 25.4 Å². The largest absolute Gasteiger partial charge is 0.463 e. The molecule has 4 aromatic rings. The minimum absolute atomic E-state index is 0.00895. The molecule has 5 rings (SSSR count). The van der Waals surface area contributed by atoms with E-state index in [1.54, 1.807) is 22.6 Å². The highest BCUT2D eigenvalue weighted by molar-refractivity contribution is 5.98. The number of rotatable bonds is 9. The number of carbonyl (C=O) groups is 2. The highest BCUT2D eigenvalue weighted by atomic mass is 19.2. The molecule has 230 valence electrons. The zero-order valence-corrected chi connectivity index (χ0v) is 23.2. The predicted molar refractivity (Wildman–Crippen MR) is 147 cm³/mol. The number of nitrogen functional groups attached to an aromatic ring is 1. The average molecular weight is 617 g/mol. The molecule has 2 aromatic carbocycles. The van der Waals surface area contributed by atoms with Gasteiger partial charge in [-0.05, 0) is 31.9 Å². The van der Waals surface area contributed by atoms with Crippen molar-refractivity contribution in [3.05, 3.63) is 71.8 Å². The number of esters is 1. The van der Waals surface area contributed by atoms with E-state index in [9.17, 15) is 27.2 Å². The van der Waals surface area contributed by atoms with Gasteiger partial charge in [-0.2, -0.15) is 13.9 Å². The van der Waals surface area contributed by atoms with Crippen molar-refractivity contribution in [3.8, 4) is 22.8 Å². The van der Waals surface area contributed by atoms with Gasteiger partial charge in [-0.25, -0.2) is 32.6 Å². The standard InChI is InChI=1S/C29H25F5N6O4/c1-2-43-22(42)6-4-3-5-21(41)39-10-9-15(13-39)40-29-23(28(35)36-14-37-29)26(38-40)17-8-7-16(11-18(17)30)44-27-24(33)19(31)12-20(32)25(27)34/h4,6-8,11-12,14-15H,2-3,5,9-10,13H2,1H3,(H2,35,36,37)/b6-4+/t15-/m1/s1. The van der Waals surface area contributed by atoms with Crippen LogP contribution in [0, 0.1) is 29.1 Å². The number of benzene rings is 2. The summed E-state index contributed by atoms with van der Waals surface area (Å²) in [6.45, 7) is 2.67. The van der Waals surface area contributed by atoms with E-state index in [0.717, 1.165) is 12.1 Å². The Morgan fingerprint density at radius 3 is 2.52 bits per heavy atom. The third-order valence-electron chi connectivity index (χ3n) is 6.93. The Bertz CT molecular complexity index is 1750. The topological polar surface area (TPSA) is 125 Å². The van der Waals surface area contributed by atoms with Gasteiger partial charge in [0.05, 0.1) is 18.0 Å². The van der Waals surface area contributed by atoms with Crippen LogP contribution in [-0.4, -0.2) is 56.2 Å². The summed E-state index contributed by atoms with van der Waals surface area (Å²) >= 11 is 0. The highest BCUT2D eigenvalue weighted by Crippen LogP contribution is 2.37. The SMILES string of the molecule is CCOC(=O)/C=C/CCC(=O)N1CC[C@@H](n2nc(-c3ccc(Oc4c(F)c(F)cc(F)c4F)cc3F)c3c(N)ncnc32)C1. The van der Waals surface area contributed by atoms with Gasteiger partial charge in [-0.3, -0.25) is 4.79 Å². The number of aromatic nitrogens is 4. The summed E-state index contributed by atoms with van der Waals surface area (Å²) in [4.78, 5) is 34.1. The van der Waals surface area contributed by atoms with Crippen LogP contribution < -0.4 is 10.5 Å². The summed E-state index contributed by atoms with van der Waals surface area (Å²) in [5.41, 5.74) is 6.39. The lowest BCUT2D eigenvalue weighted by Crippen LogP contribution is -2.29. The van der Waals surface area contributed by atoms with Gasteiger partial charge in [0.15, 0.2) is 17.3 Å². The number of amides is 1. The quantitative estimate of drug-likeness (QED) is 0.117.